The summed E-state index contributed by atoms with van der Waals surface area (Å²) in [6.45, 7) is 14.6. The molecule has 0 unspecified atom stereocenters. The molecule has 12 heteroatoms. The molecule has 2 radical (unpaired) electrons. The predicted octanol–water partition coefficient (Wildman–Crippen LogP) is -3.92. The smallest absolute Gasteiger partial charge is 0.545 e. The van der Waals surface area contributed by atoms with Crippen LogP contribution in [-0.2, 0) is 24.0 Å². The molecule has 0 aromatic rings. The van der Waals surface area contributed by atoms with Gasteiger partial charge in [0.05, 0.1) is 17.9 Å². The number of hydrogen-bond donors (Lipinski definition) is 2. The maximum atomic E-state index is 9.25. The van der Waals surface area contributed by atoms with Crippen LogP contribution in [0.1, 0.15) is 0 Å². The molecule has 0 saturated carbocycles. The molecule has 0 bridgehead atoms. The standard InChI is InChI=1S/5C3H4O2.Bi.H2O/c5*1-2-3(4)5;;/h5*2H,1H2,(H,4,5);;1H2/q;;;;;+3;/p-3. The van der Waals surface area contributed by atoms with Crippen LogP contribution in [0.25, 0.3) is 0 Å². The van der Waals surface area contributed by atoms with Crippen LogP contribution in [0.2, 0.25) is 0 Å². The van der Waals surface area contributed by atoms with Crippen molar-refractivity contribution < 1.29 is 55.0 Å². The second-order valence-electron chi connectivity index (χ2n) is 2.65. The van der Waals surface area contributed by atoms with Crippen LogP contribution >= 0.6 is 0 Å². The normalized spacial score (nSPS) is 5.93. The molecular formula is C15H19BiO11. The van der Waals surface area contributed by atoms with Gasteiger partial charge in [0.25, 0.3) is 0 Å². The molecule has 0 aliphatic rings. The van der Waals surface area contributed by atoms with Crippen LogP contribution in [-0.4, -0.2) is 71.7 Å². The van der Waals surface area contributed by atoms with Gasteiger partial charge in [-0.2, -0.15) is 0 Å². The van der Waals surface area contributed by atoms with Crippen molar-refractivity contribution in [1.29, 1.82) is 0 Å². The van der Waals surface area contributed by atoms with Crippen LogP contribution in [0.5, 0.6) is 0 Å². The minimum absolute atomic E-state index is 0. The zero-order chi connectivity index (χ0) is 21.4. The fraction of sp³-hybridized carbons (Fsp3) is 0. The summed E-state index contributed by atoms with van der Waals surface area (Å²) < 4.78 is 0. The van der Waals surface area contributed by atoms with E-state index in [-0.39, 0.29) is 31.7 Å². The number of carboxylic acids is 5. The van der Waals surface area contributed by atoms with Gasteiger partial charge in [-0.15, -0.1) is 0 Å². The molecule has 0 spiro atoms. The van der Waals surface area contributed by atoms with E-state index in [9.17, 15) is 9.59 Å². The van der Waals surface area contributed by atoms with Crippen molar-refractivity contribution in [3.05, 3.63) is 63.3 Å². The van der Waals surface area contributed by atoms with Crippen molar-refractivity contribution in [2.75, 3.05) is 0 Å². The van der Waals surface area contributed by atoms with E-state index in [0.717, 1.165) is 30.4 Å². The Labute approximate surface area is 174 Å². The number of carbonyl (C=O) groups is 5. The first-order valence-electron chi connectivity index (χ1n) is 5.56. The third-order valence-corrected chi connectivity index (χ3v) is 0.849. The van der Waals surface area contributed by atoms with E-state index < -0.39 is 29.8 Å². The molecule has 27 heavy (non-hydrogen) atoms. The maximum absolute atomic E-state index is 9.25. The van der Waals surface area contributed by atoms with Crippen LogP contribution in [0.3, 0.4) is 0 Å². The summed E-state index contributed by atoms with van der Waals surface area (Å²) in [6, 6.07) is 0. The molecule has 150 valence electrons. The number of carboxylic acid groups (broad SMARTS) is 5. The Morgan fingerprint density at radius 1 is 0.556 bits per heavy atom. The van der Waals surface area contributed by atoms with E-state index in [2.05, 4.69) is 32.9 Å². The summed E-state index contributed by atoms with van der Waals surface area (Å²) in [7, 11) is 0. The largest absolute Gasteiger partial charge is 3.00 e. The molecule has 0 amide bonds. The van der Waals surface area contributed by atoms with E-state index in [0.29, 0.717) is 0 Å². The van der Waals surface area contributed by atoms with Gasteiger partial charge >= 0.3 is 38.1 Å². The fourth-order valence-electron chi connectivity index (χ4n) is 0. The summed E-state index contributed by atoms with van der Waals surface area (Å²) in [6.07, 6.45) is 3.83. The van der Waals surface area contributed by atoms with Crippen molar-refractivity contribution in [1.82, 2.24) is 0 Å². The number of hydrogen-bond acceptors (Lipinski definition) is 8. The SMILES string of the molecule is C=CC(=O)O.C=CC(=O)O.C=CC(=O)[O-].C=CC(=O)[O-].C=CC(=O)[O-].O.[Bi+3]. The molecule has 0 aliphatic heterocycles. The zero-order valence-corrected chi connectivity index (χ0v) is 17.5. The topological polar surface area (TPSA) is 226 Å². The third-order valence-electron chi connectivity index (χ3n) is 0.849. The van der Waals surface area contributed by atoms with E-state index in [1.807, 2.05) is 0 Å². The number of carbonyl (C=O) groups excluding carboxylic acids is 3. The molecule has 0 saturated heterocycles. The van der Waals surface area contributed by atoms with Gasteiger partial charge in [0.15, 0.2) is 0 Å². The quantitative estimate of drug-likeness (QED) is 0.236. The second-order valence-corrected chi connectivity index (χ2v) is 2.65. The summed E-state index contributed by atoms with van der Waals surface area (Å²) in [4.78, 5) is 45.9. The maximum Gasteiger partial charge on any atom is 3.00 e. The van der Waals surface area contributed by atoms with Crippen LogP contribution in [0.4, 0.5) is 0 Å². The third kappa shape index (κ3) is 210. The molecule has 0 aliphatic carbocycles. The number of aliphatic carboxylic acids is 5. The molecule has 0 aromatic carbocycles. The molecular weight excluding hydrogens is 565 g/mol. The van der Waals surface area contributed by atoms with E-state index in [1.54, 1.807) is 0 Å². The molecule has 0 heterocycles. The van der Waals surface area contributed by atoms with Gasteiger partial charge in [-0.3, -0.25) is 0 Å². The second kappa shape index (κ2) is 38.5. The van der Waals surface area contributed by atoms with Crippen molar-refractivity contribution in [2.24, 2.45) is 0 Å². The first kappa shape index (κ1) is 43.9. The van der Waals surface area contributed by atoms with Gasteiger partial charge in [-0.05, 0) is 18.2 Å². The van der Waals surface area contributed by atoms with E-state index in [4.69, 9.17) is 39.9 Å². The Morgan fingerprint density at radius 2 is 0.630 bits per heavy atom. The first-order chi connectivity index (χ1) is 11.4. The average molecular weight is 584 g/mol. The summed E-state index contributed by atoms with van der Waals surface area (Å²) in [5, 5.41) is 42.6. The molecule has 0 atom stereocenters. The van der Waals surface area contributed by atoms with Crippen molar-refractivity contribution in [2.45, 2.75) is 0 Å². The van der Waals surface area contributed by atoms with Crippen molar-refractivity contribution in [3.8, 4) is 0 Å². The Morgan fingerprint density at radius 3 is 0.630 bits per heavy atom. The minimum atomic E-state index is -1.23. The van der Waals surface area contributed by atoms with Gasteiger partial charge in [-0.1, -0.05) is 32.9 Å². The van der Waals surface area contributed by atoms with E-state index in [1.165, 1.54) is 0 Å². The minimum Gasteiger partial charge on any atom is -0.545 e. The van der Waals surface area contributed by atoms with E-state index >= 15 is 0 Å². The van der Waals surface area contributed by atoms with Crippen LogP contribution < -0.4 is 15.3 Å². The molecule has 0 rings (SSSR count). The Kier molecular flexibility index (Phi) is 62.5. The van der Waals surface area contributed by atoms with Gasteiger partial charge in [-0.25, -0.2) is 9.59 Å². The van der Waals surface area contributed by atoms with Crippen molar-refractivity contribution >= 4 is 56.0 Å². The molecule has 4 N–H and O–H groups in total. The Bertz CT molecular complexity index is 392. The van der Waals surface area contributed by atoms with Crippen molar-refractivity contribution in [3.63, 3.8) is 0 Å². The Balaban J connectivity index is -0.0000000364. The van der Waals surface area contributed by atoms with Gasteiger partial charge in [0, 0.05) is 12.2 Å². The van der Waals surface area contributed by atoms with Gasteiger partial charge in [0.1, 0.15) is 0 Å². The fourth-order valence-corrected chi connectivity index (χ4v) is 0. The molecule has 0 aromatic heterocycles. The Hall–Kier alpha value is -3.11. The van der Waals surface area contributed by atoms with Crippen LogP contribution in [0, 0.1) is 0 Å². The van der Waals surface area contributed by atoms with Gasteiger partial charge in [0.2, 0.25) is 0 Å². The molecule has 0 fully saturated rings. The van der Waals surface area contributed by atoms with Crippen LogP contribution in [0.15, 0.2) is 63.3 Å². The summed E-state index contributed by atoms with van der Waals surface area (Å²) in [5.74, 6) is -5.66. The monoisotopic (exact) mass is 584 g/mol. The predicted molar refractivity (Wildman–Crippen MR) is 90.6 cm³/mol. The number of rotatable bonds is 5. The summed E-state index contributed by atoms with van der Waals surface area (Å²) in [5.41, 5.74) is 0. The summed E-state index contributed by atoms with van der Waals surface area (Å²) >= 11 is 0. The zero-order valence-electron chi connectivity index (χ0n) is 14.0. The van der Waals surface area contributed by atoms with Gasteiger partial charge < -0.3 is 45.4 Å². The average Bonchev–Trinajstić information content (AvgIpc) is 2.56. The first-order valence-corrected chi connectivity index (χ1v) is 5.56. The molecule has 11 nitrogen and oxygen atoms in total.